The third-order valence-electron chi connectivity index (χ3n) is 2.43. The summed E-state index contributed by atoms with van der Waals surface area (Å²) in [4.78, 5) is 0. The van der Waals surface area contributed by atoms with Crippen LogP contribution in [0.5, 0.6) is 0 Å². The second-order valence-electron chi connectivity index (χ2n) is 3.32. The molecule has 1 rings (SSSR count). The van der Waals surface area contributed by atoms with E-state index in [0.717, 1.165) is 6.04 Å². The summed E-state index contributed by atoms with van der Waals surface area (Å²) in [7, 11) is 2.08. The van der Waals surface area contributed by atoms with Crippen molar-refractivity contribution in [3.8, 4) is 0 Å². The molecule has 0 heterocycles. The molecule has 1 aliphatic carbocycles. The Kier molecular flexibility index (Phi) is 4.29. The molecule has 0 fully saturated rings. The summed E-state index contributed by atoms with van der Waals surface area (Å²) in [6.07, 6.45) is 12.6. The van der Waals surface area contributed by atoms with E-state index in [2.05, 4.69) is 24.5 Å². The fraction of sp³-hybridized carbons (Fsp3) is 0.800. The van der Waals surface area contributed by atoms with Crippen molar-refractivity contribution in [1.82, 2.24) is 5.32 Å². The highest BCUT2D eigenvalue weighted by Gasteiger charge is 2.04. The molecule has 0 bridgehead atoms. The average molecular weight is 153 g/mol. The molecule has 1 unspecified atom stereocenters. The van der Waals surface area contributed by atoms with Crippen LogP contribution in [0.25, 0.3) is 0 Å². The maximum absolute atomic E-state index is 3.37. The van der Waals surface area contributed by atoms with Crippen LogP contribution in [0.15, 0.2) is 12.2 Å². The van der Waals surface area contributed by atoms with E-state index in [4.69, 9.17) is 0 Å². The van der Waals surface area contributed by atoms with Gasteiger partial charge in [0.25, 0.3) is 0 Å². The molecule has 0 saturated heterocycles. The Hall–Kier alpha value is -0.300. The van der Waals surface area contributed by atoms with Crippen LogP contribution in [0.2, 0.25) is 0 Å². The fourth-order valence-corrected chi connectivity index (χ4v) is 1.62. The van der Waals surface area contributed by atoms with Gasteiger partial charge in [0.05, 0.1) is 0 Å². The lowest BCUT2D eigenvalue weighted by Gasteiger charge is -2.13. The van der Waals surface area contributed by atoms with Crippen LogP contribution < -0.4 is 5.32 Å². The predicted molar refractivity (Wildman–Crippen MR) is 49.7 cm³/mol. The molecular weight excluding hydrogens is 134 g/mol. The Labute approximate surface area is 69.9 Å². The van der Waals surface area contributed by atoms with Gasteiger partial charge in [0.1, 0.15) is 0 Å². The highest BCUT2D eigenvalue weighted by Crippen LogP contribution is 2.11. The van der Waals surface area contributed by atoms with Crippen LogP contribution in [-0.2, 0) is 0 Å². The monoisotopic (exact) mass is 153 g/mol. The Bertz CT molecular complexity index is 118. The van der Waals surface area contributed by atoms with Crippen molar-refractivity contribution in [2.75, 3.05) is 7.05 Å². The van der Waals surface area contributed by atoms with E-state index in [1.165, 1.54) is 38.5 Å². The van der Waals surface area contributed by atoms with Crippen LogP contribution >= 0.6 is 0 Å². The molecule has 0 aliphatic heterocycles. The summed E-state index contributed by atoms with van der Waals surface area (Å²) >= 11 is 0. The maximum atomic E-state index is 3.37. The van der Waals surface area contributed by atoms with Gasteiger partial charge in [-0.15, -0.1) is 0 Å². The first-order valence-corrected chi connectivity index (χ1v) is 4.76. The van der Waals surface area contributed by atoms with Gasteiger partial charge in [-0.25, -0.2) is 0 Å². The fourth-order valence-electron chi connectivity index (χ4n) is 1.62. The van der Waals surface area contributed by atoms with Crippen molar-refractivity contribution in [2.45, 2.75) is 44.6 Å². The normalized spacial score (nSPS) is 30.1. The van der Waals surface area contributed by atoms with Crippen LogP contribution in [0.1, 0.15) is 38.5 Å². The van der Waals surface area contributed by atoms with Gasteiger partial charge in [-0.2, -0.15) is 0 Å². The van der Waals surface area contributed by atoms with Gasteiger partial charge in [0, 0.05) is 6.04 Å². The third kappa shape index (κ3) is 3.57. The Balaban J connectivity index is 2.28. The number of rotatable bonds is 1. The van der Waals surface area contributed by atoms with Crippen molar-refractivity contribution >= 4 is 0 Å². The van der Waals surface area contributed by atoms with Crippen LogP contribution in [0.3, 0.4) is 0 Å². The van der Waals surface area contributed by atoms with Crippen molar-refractivity contribution in [3.63, 3.8) is 0 Å². The zero-order chi connectivity index (χ0) is 7.94. The predicted octanol–water partition coefficient (Wildman–Crippen LogP) is 2.48. The molecule has 0 aromatic rings. The lowest BCUT2D eigenvalue weighted by Crippen LogP contribution is -2.24. The molecule has 1 heteroatoms. The largest absolute Gasteiger partial charge is 0.317 e. The Morgan fingerprint density at radius 1 is 1.09 bits per heavy atom. The highest BCUT2D eigenvalue weighted by molar-refractivity contribution is 4.84. The molecule has 0 aromatic heterocycles. The lowest BCUT2D eigenvalue weighted by molar-refractivity contribution is 0.475. The molecule has 64 valence electrons. The molecule has 11 heavy (non-hydrogen) atoms. The number of allylic oxidation sites excluding steroid dienone is 2. The van der Waals surface area contributed by atoms with Crippen molar-refractivity contribution in [1.29, 1.82) is 0 Å². The van der Waals surface area contributed by atoms with E-state index < -0.39 is 0 Å². The van der Waals surface area contributed by atoms with Crippen LogP contribution in [0.4, 0.5) is 0 Å². The smallest absolute Gasteiger partial charge is 0.00670 e. The van der Waals surface area contributed by atoms with E-state index in [9.17, 15) is 0 Å². The van der Waals surface area contributed by atoms with Gasteiger partial charge in [0.15, 0.2) is 0 Å². The number of hydrogen-bond acceptors (Lipinski definition) is 1. The molecule has 0 saturated carbocycles. The molecule has 1 nitrogen and oxygen atoms in total. The first-order valence-electron chi connectivity index (χ1n) is 4.76. The van der Waals surface area contributed by atoms with E-state index in [1.807, 2.05) is 0 Å². The Morgan fingerprint density at radius 2 is 1.91 bits per heavy atom. The first kappa shape index (κ1) is 8.79. The van der Waals surface area contributed by atoms with E-state index in [1.54, 1.807) is 0 Å². The summed E-state index contributed by atoms with van der Waals surface area (Å²) in [5, 5.41) is 3.37. The molecule has 1 N–H and O–H groups in total. The highest BCUT2D eigenvalue weighted by atomic mass is 14.9. The standard InChI is InChI=1S/C10H19N/c1-11-10-8-6-4-2-3-5-7-9-10/h2,4,10-11H,3,5-9H2,1H3/b4-2-. The molecule has 1 aliphatic rings. The summed E-state index contributed by atoms with van der Waals surface area (Å²) < 4.78 is 0. The van der Waals surface area contributed by atoms with E-state index in [0.29, 0.717) is 0 Å². The zero-order valence-corrected chi connectivity index (χ0v) is 7.47. The van der Waals surface area contributed by atoms with E-state index in [-0.39, 0.29) is 0 Å². The molecule has 0 radical (unpaired) electrons. The van der Waals surface area contributed by atoms with Crippen molar-refractivity contribution < 1.29 is 0 Å². The van der Waals surface area contributed by atoms with Gasteiger partial charge in [-0.05, 0) is 39.2 Å². The molecule has 0 aromatic carbocycles. The van der Waals surface area contributed by atoms with Crippen molar-refractivity contribution in [2.24, 2.45) is 0 Å². The lowest BCUT2D eigenvalue weighted by atomic mass is 10.1. The Morgan fingerprint density at radius 3 is 2.73 bits per heavy atom. The van der Waals surface area contributed by atoms with Crippen molar-refractivity contribution in [3.05, 3.63) is 12.2 Å². The molecular formula is C10H19N. The number of nitrogens with one attached hydrogen (secondary N) is 1. The van der Waals surface area contributed by atoms with E-state index >= 15 is 0 Å². The average Bonchev–Trinajstić information content (AvgIpc) is 2.16. The summed E-state index contributed by atoms with van der Waals surface area (Å²) in [5.41, 5.74) is 0. The second kappa shape index (κ2) is 5.36. The number of hydrogen-bond donors (Lipinski definition) is 1. The van der Waals surface area contributed by atoms with Gasteiger partial charge >= 0.3 is 0 Å². The van der Waals surface area contributed by atoms with Gasteiger partial charge in [-0.3, -0.25) is 0 Å². The summed E-state index contributed by atoms with van der Waals surface area (Å²) in [5.74, 6) is 0. The maximum Gasteiger partial charge on any atom is 0.00670 e. The summed E-state index contributed by atoms with van der Waals surface area (Å²) in [6, 6.07) is 0.762. The minimum absolute atomic E-state index is 0.762. The van der Waals surface area contributed by atoms with Crippen LogP contribution in [-0.4, -0.2) is 13.1 Å². The van der Waals surface area contributed by atoms with Gasteiger partial charge in [-0.1, -0.05) is 18.6 Å². The van der Waals surface area contributed by atoms with Gasteiger partial charge in [0.2, 0.25) is 0 Å². The topological polar surface area (TPSA) is 12.0 Å². The SMILES string of the molecule is CNC1CC/C=C\CCCC1. The minimum Gasteiger partial charge on any atom is -0.317 e. The summed E-state index contributed by atoms with van der Waals surface area (Å²) in [6.45, 7) is 0. The quantitative estimate of drug-likeness (QED) is 0.571. The van der Waals surface area contributed by atoms with Gasteiger partial charge < -0.3 is 5.32 Å². The second-order valence-corrected chi connectivity index (χ2v) is 3.32. The van der Waals surface area contributed by atoms with Crippen LogP contribution in [0, 0.1) is 0 Å². The first-order chi connectivity index (χ1) is 5.43. The molecule has 0 spiro atoms. The zero-order valence-electron chi connectivity index (χ0n) is 7.47. The molecule has 0 amide bonds. The minimum atomic E-state index is 0.762. The third-order valence-corrected chi connectivity index (χ3v) is 2.43. The molecule has 1 atom stereocenters.